The lowest BCUT2D eigenvalue weighted by atomic mass is 9.95. The van der Waals surface area contributed by atoms with Crippen molar-refractivity contribution in [2.24, 2.45) is 0 Å². The molecular formula is C20H24N4O5. The van der Waals surface area contributed by atoms with Crippen LogP contribution in [0.15, 0.2) is 33.7 Å². The van der Waals surface area contributed by atoms with Crippen molar-refractivity contribution < 1.29 is 19.1 Å². The maximum absolute atomic E-state index is 12.9. The molecule has 1 atom stereocenters. The van der Waals surface area contributed by atoms with Crippen molar-refractivity contribution in [3.05, 3.63) is 57.5 Å². The Morgan fingerprint density at radius 2 is 1.97 bits per heavy atom. The Labute approximate surface area is 167 Å². The molecule has 2 aromatic heterocycles. The summed E-state index contributed by atoms with van der Waals surface area (Å²) in [7, 11) is 3.18. The maximum Gasteiger partial charge on any atom is 0.335 e. The third-order valence-corrected chi connectivity index (χ3v) is 5.19. The van der Waals surface area contributed by atoms with Gasteiger partial charge < -0.3 is 19.1 Å². The highest BCUT2D eigenvalue weighted by molar-refractivity contribution is 5.51. The number of aliphatic hydroxyl groups excluding tert-OH is 1. The van der Waals surface area contributed by atoms with Crippen molar-refractivity contribution in [2.45, 2.75) is 33.2 Å². The van der Waals surface area contributed by atoms with Crippen molar-refractivity contribution in [1.82, 2.24) is 19.2 Å². The number of aryl methyl sites for hydroxylation is 2. The third-order valence-electron chi connectivity index (χ3n) is 5.19. The average Bonchev–Trinajstić information content (AvgIpc) is 3.23. The van der Waals surface area contributed by atoms with Crippen LogP contribution in [0, 0.1) is 13.8 Å². The normalized spacial score (nSPS) is 16.7. The summed E-state index contributed by atoms with van der Waals surface area (Å²) in [5.74, 6) is 2.41. The highest BCUT2D eigenvalue weighted by Gasteiger charge is 2.30. The zero-order valence-electron chi connectivity index (χ0n) is 16.9. The number of aliphatic hydroxyl groups is 1. The van der Waals surface area contributed by atoms with Crippen LogP contribution in [0.2, 0.25) is 0 Å². The number of aromatic nitrogens is 3. The van der Waals surface area contributed by atoms with Crippen LogP contribution in [0.25, 0.3) is 5.82 Å². The lowest BCUT2D eigenvalue weighted by Gasteiger charge is -2.33. The molecule has 0 bridgehead atoms. The van der Waals surface area contributed by atoms with Crippen molar-refractivity contribution in [3.63, 3.8) is 0 Å². The van der Waals surface area contributed by atoms with Crippen molar-refractivity contribution in [2.75, 3.05) is 20.8 Å². The average molecular weight is 400 g/mol. The summed E-state index contributed by atoms with van der Waals surface area (Å²) in [4.78, 5) is 14.9. The van der Waals surface area contributed by atoms with Crippen LogP contribution in [0.1, 0.15) is 28.7 Å². The molecular weight excluding hydrogens is 376 g/mol. The van der Waals surface area contributed by atoms with Gasteiger partial charge in [-0.05, 0) is 26.0 Å². The van der Waals surface area contributed by atoms with E-state index in [0.29, 0.717) is 42.8 Å². The Morgan fingerprint density at radius 1 is 1.24 bits per heavy atom. The first-order chi connectivity index (χ1) is 13.9. The SMILES string of the molecule is COc1ccc(OC)c2c1CN(Cn1cc(C)n(-c3cc(C)on3)c1=O)C[C@H]2O. The van der Waals surface area contributed by atoms with Gasteiger partial charge in [0, 0.05) is 42.2 Å². The van der Waals surface area contributed by atoms with Gasteiger partial charge in [0.25, 0.3) is 0 Å². The molecule has 9 nitrogen and oxygen atoms in total. The van der Waals surface area contributed by atoms with Crippen LogP contribution in [-0.4, -0.2) is 45.1 Å². The molecule has 1 aliphatic rings. The number of nitrogens with zero attached hydrogens (tertiary/aromatic N) is 4. The fraction of sp³-hybridized carbons (Fsp3) is 0.400. The van der Waals surface area contributed by atoms with E-state index in [1.165, 1.54) is 4.57 Å². The Bertz CT molecular complexity index is 1100. The van der Waals surface area contributed by atoms with E-state index in [1.807, 2.05) is 17.9 Å². The van der Waals surface area contributed by atoms with Gasteiger partial charge in [-0.15, -0.1) is 0 Å². The van der Waals surface area contributed by atoms with Gasteiger partial charge in [-0.3, -0.25) is 9.47 Å². The monoisotopic (exact) mass is 400 g/mol. The van der Waals surface area contributed by atoms with Crippen molar-refractivity contribution in [1.29, 1.82) is 0 Å². The quantitative estimate of drug-likeness (QED) is 0.697. The molecule has 1 aromatic carbocycles. The summed E-state index contributed by atoms with van der Waals surface area (Å²) in [5.41, 5.74) is 2.14. The van der Waals surface area contributed by atoms with Gasteiger partial charge >= 0.3 is 5.69 Å². The van der Waals surface area contributed by atoms with Gasteiger partial charge in [0.05, 0.1) is 27.0 Å². The molecule has 4 rings (SSSR count). The van der Waals surface area contributed by atoms with Gasteiger partial charge in [0.15, 0.2) is 5.82 Å². The van der Waals surface area contributed by atoms with E-state index in [2.05, 4.69) is 5.16 Å². The molecule has 9 heteroatoms. The highest BCUT2D eigenvalue weighted by Crippen LogP contribution is 2.39. The zero-order valence-corrected chi connectivity index (χ0v) is 16.9. The number of hydrogen-bond donors (Lipinski definition) is 1. The molecule has 29 heavy (non-hydrogen) atoms. The summed E-state index contributed by atoms with van der Waals surface area (Å²) in [6.45, 7) is 4.83. The van der Waals surface area contributed by atoms with Crippen LogP contribution < -0.4 is 15.2 Å². The summed E-state index contributed by atoms with van der Waals surface area (Å²) in [6.07, 6.45) is 1.03. The van der Waals surface area contributed by atoms with Crippen LogP contribution in [0.5, 0.6) is 11.5 Å². The van der Waals surface area contributed by atoms with E-state index in [-0.39, 0.29) is 5.69 Å². The van der Waals surface area contributed by atoms with E-state index in [4.69, 9.17) is 14.0 Å². The first-order valence-corrected chi connectivity index (χ1v) is 9.29. The second-order valence-electron chi connectivity index (χ2n) is 7.19. The van der Waals surface area contributed by atoms with Crippen LogP contribution in [0.4, 0.5) is 0 Å². The number of ether oxygens (including phenoxy) is 2. The smallest absolute Gasteiger partial charge is 0.335 e. The lowest BCUT2D eigenvalue weighted by molar-refractivity contribution is 0.0696. The first-order valence-electron chi connectivity index (χ1n) is 9.29. The second kappa shape index (κ2) is 7.41. The highest BCUT2D eigenvalue weighted by atomic mass is 16.5. The molecule has 3 aromatic rings. The Morgan fingerprint density at radius 3 is 2.62 bits per heavy atom. The Kier molecular flexibility index (Phi) is 4.93. The predicted molar refractivity (Wildman–Crippen MR) is 104 cm³/mol. The molecule has 0 unspecified atom stereocenters. The first kappa shape index (κ1) is 19.3. The molecule has 0 saturated carbocycles. The van der Waals surface area contributed by atoms with Crippen LogP contribution in [-0.2, 0) is 13.2 Å². The zero-order chi connectivity index (χ0) is 20.7. The molecule has 0 amide bonds. The van der Waals surface area contributed by atoms with Gasteiger partial charge in [-0.2, -0.15) is 0 Å². The van der Waals surface area contributed by atoms with Gasteiger partial charge in [0.1, 0.15) is 17.3 Å². The predicted octanol–water partition coefficient (Wildman–Crippen LogP) is 1.77. The summed E-state index contributed by atoms with van der Waals surface area (Å²) in [5, 5.41) is 14.7. The number of methoxy groups -OCH3 is 2. The molecule has 1 N–H and O–H groups in total. The molecule has 3 heterocycles. The molecule has 0 fully saturated rings. The number of fused-ring (bicyclic) bond motifs is 1. The summed E-state index contributed by atoms with van der Waals surface area (Å²) < 4.78 is 19.1. The third kappa shape index (κ3) is 3.32. The van der Waals surface area contributed by atoms with Crippen molar-refractivity contribution >= 4 is 0 Å². The Hall–Kier alpha value is -3.04. The van der Waals surface area contributed by atoms with Gasteiger partial charge in [-0.1, -0.05) is 5.16 Å². The van der Waals surface area contributed by atoms with Gasteiger partial charge in [0.2, 0.25) is 0 Å². The standard InChI is InChI=1S/C20H24N4O5/c1-12-8-23(20(26)24(12)18-7-13(2)29-21-18)11-22-9-14-16(27-3)5-6-17(28-4)19(14)15(25)10-22/h5-8,15,25H,9-11H2,1-4H3/t15-/m1/s1. The summed E-state index contributed by atoms with van der Waals surface area (Å²) in [6, 6.07) is 5.34. The minimum atomic E-state index is -0.749. The van der Waals surface area contributed by atoms with Gasteiger partial charge in [-0.25, -0.2) is 9.36 Å². The molecule has 0 spiro atoms. The molecule has 154 valence electrons. The maximum atomic E-state index is 12.9. The van der Waals surface area contributed by atoms with Crippen LogP contribution >= 0.6 is 0 Å². The second-order valence-corrected chi connectivity index (χ2v) is 7.19. The Balaban J connectivity index is 1.65. The van der Waals surface area contributed by atoms with E-state index in [9.17, 15) is 9.90 Å². The van der Waals surface area contributed by atoms with E-state index >= 15 is 0 Å². The number of β-amino-alcohol motifs (C(OH)–C–C–N with tert-alkyl or cyclic N) is 1. The molecule has 0 radical (unpaired) electrons. The fourth-order valence-electron chi connectivity index (χ4n) is 3.92. The fourth-order valence-corrected chi connectivity index (χ4v) is 3.92. The topological polar surface area (TPSA) is 94.9 Å². The molecule has 0 aliphatic carbocycles. The number of imidazole rings is 1. The largest absolute Gasteiger partial charge is 0.496 e. The molecule has 0 saturated heterocycles. The number of hydrogen-bond acceptors (Lipinski definition) is 7. The van der Waals surface area contributed by atoms with E-state index in [1.54, 1.807) is 44.0 Å². The lowest BCUT2D eigenvalue weighted by Crippen LogP contribution is -2.38. The van der Waals surface area contributed by atoms with Crippen LogP contribution in [0.3, 0.4) is 0 Å². The molecule has 1 aliphatic heterocycles. The summed E-state index contributed by atoms with van der Waals surface area (Å²) >= 11 is 0. The number of benzene rings is 1. The number of rotatable bonds is 5. The van der Waals surface area contributed by atoms with E-state index in [0.717, 1.165) is 16.8 Å². The van der Waals surface area contributed by atoms with Crippen molar-refractivity contribution in [3.8, 4) is 17.3 Å². The van der Waals surface area contributed by atoms with E-state index < -0.39 is 6.10 Å². The minimum Gasteiger partial charge on any atom is -0.496 e. The minimum absolute atomic E-state index is 0.214.